The molecular weight excluding hydrogens is 428 g/mol. The Labute approximate surface area is 204 Å². The Balaban J connectivity index is -0.000000250. The number of hydrogen-bond acceptors (Lipinski definition) is 10. The number of nitrogens with zero attached hydrogens (tertiary/aromatic N) is 5. The number of aryl methyl sites for hydroxylation is 1. The van der Waals surface area contributed by atoms with Crippen LogP contribution in [0.1, 0.15) is 55.4 Å². The summed E-state index contributed by atoms with van der Waals surface area (Å²) in [6, 6.07) is 8.55. The Morgan fingerprint density at radius 1 is 0.781 bits per heavy atom. The van der Waals surface area contributed by atoms with E-state index in [9.17, 15) is 0 Å². The summed E-state index contributed by atoms with van der Waals surface area (Å²) in [6.07, 6.45) is 7.49. The van der Waals surface area contributed by atoms with Crippen LogP contribution in [0.5, 0.6) is 0 Å². The first kappa shape index (κ1) is 31.9. The highest BCUT2D eigenvalue weighted by Gasteiger charge is 2.20. The van der Waals surface area contributed by atoms with E-state index in [0.717, 1.165) is 44.6 Å². The highest BCUT2D eigenvalue weighted by Crippen LogP contribution is 2.22. The summed E-state index contributed by atoms with van der Waals surface area (Å²) in [5, 5.41) is 3.43. The number of rotatable bonds is 5. The number of benzene rings is 1. The van der Waals surface area contributed by atoms with Gasteiger partial charge in [0.15, 0.2) is 0 Å². The largest absolute Gasteiger partial charge is 0.350 e. The molecule has 11 heteroatoms. The molecule has 0 saturated carbocycles. The lowest BCUT2D eigenvalue weighted by molar-refractivity contribution is 0.556. The zero-order valence-corrected chi connectivity index (χ0v) is 20.4. The molecular formula is C21H51ClN10. The Morgan fingerprint density at radius 3 is 1.75 bits per heavy atom. The molecule has 2 aromatic rings. The minimum atomic E-state index is 0. The average Bonchev–Trinajstić information content (AvgIpc) is 2.73. The maximum atomic E-state index is 4.84. The topological polar surface area (TPSA) is 197 Å². The molecule has 0 aliphatic carbocycles. The number of nitrogens with one attached hydrogen (secondary N) is 1. The lowest BCUT2D eigenvalue weighted by atomic mass is 10.1. The van der Waals surface area contributed by atoms with Gasteiger partial charge in [-0.05, 0) is 51.0 Å². The fraction of sp³-hybridized carbons (Fsp3) is 0.571. The van der Waals surface area contributed by atoms with Crippen molar-refractivity contribution >= 4 is 30.3 Å². The SMILES string of the molecule is Cc1cccc(CNc2nc(N3CCCCC3)nc(N3CCCCC3)n2)c1.Cl.N.N.N.N.[HH].[HH].[HH].[HH]. The standard InChI is InChI=1S/C21H30N6.ClH.4H3N.4H2/c1-17-9-8-10-18(15-17)16-22-19-23-20(26-11-4-2-5-12-26)25-21(24-19)27-13-6-3-7-14-27;;;;;;;;;/h8-10,15H,2-7,11-14,16H2,1H3,(H,22,23,24,25);1H;4*1H3;4*1H. The van der Waals surface area contributed by atoms with E-state index in [-0.39, 0.29) is 42.7 Å². The van der Waals surface area contributed by atoms with Crippen LogP contribution in [0, 0.1) is 6.92 Å². The van der Waals surface area contributed by atoms with Crippen LogP contribution in [0.2, 0.25) is 0 Å². The minimum absolute atomic E-state index is 0. The highest BCUT2D eigenvalue weighted by atomic mass is 35.5. The molecule has 2 fully saturated rings. The Kier molecular flexibility index (Phi) is 15.5. The van der Waals surface area contributed by atoms with Gasteiger partial charge in [0, 0.05) is 38.4 Å². The summed E-state index contributed by atoms with van der Waals surface area (Å²) in [7, 11) is 0. The molecule has 0 unspecified atom stereocenters. The van der Waals surface area contributed by atoms with Crippen LogP contribution < -0.4 is 39.7 Å². The molecule has 1 aromatic carbocycles. The molecule has 13 N–H and O–H groups in total. The predicted octanol–water partition coefficient (Wildman–Crippen LogP) is 5.83. The van der Waals surface area contributed by atoms with Crippen LogP contribution in [0.25, 0.3) is 0 Å². The zero-order chi connectivity index (χ0) is 18.5. The molecule has 1 aromatic heterocycles. The Hall–Kier alpha value is -2.24. The summed E-state index contributed by atoms with van der Waals surface area (Å²) in [5.41, 5.74) is 2.52. The monoisotopic (exact) mass is 478 g/mol. The van der Waals surface area contributed by atoms with E-state index in [1.807, 2.05) is 0 Å². The lowest BCUT2D eigenvalue weighted by Crippen LogP contribution is -2.34. The van der Waals surface area contributed by atoms with Crippen molar-refractivity contribution in [3.63, 3.8) is 0 Å². The minimum Gasteiger partial charge on any atom is -0.350 e. The fourth-order valence-electron chi connectivity index (χ4n) is 3.91. The van der Waals surface area contributed by atoms with Crippen molar-refractivity contribution in [2.75, 3.05) is 41.3 Å². The third-order valence-electron chi connectivity index (χ3n) is 5.42. The second-order valence-electron chi connectivity index (χ2n) is 7.70. The van der Waals surface area contributed by atoms with Crippen LogP contribution in [-0.2, 0) is 6.54 Å². The Morgan fingerprint density at radius 2 is 1.28 bits per heavy atom. The number of hydrogen-bond donors (Lipinski definition) is 5. The molecule has 32 heavy (non-hydrogen) atoms. The van der Waals surface area contributed by atoms with Gasteiger partial charge in [0.25, 0.3) is 0 Å². The van der Waals surface area contributed by atoms with Crippen molar-refractivity contribution in [3.05, 3.63) is 35.4 Å². The van der Waals surface area contributed by atoms with Gasteiger partial charge in [-0.15, -0.1) is 12.4 Å². The van der Waals surface area contributed by atoms with Gasteiger partial charge in [0.2, 0.25) is 17.8 Å². The maximum Gasteiger partial charge on any atom is 0.231 e. The summed E-state index contributed by atoms with van der Waals surface area (Å²) in [4.78, 5) is 19.0. The van der Waals surface area contributed by atoms with E-state index in [1.165, 1.54) is 49.7 Å². The smallest absolute Gasteiger partial charge is 0.231 e. The first-order valence-electron chi connectivity index (χ1n) is 10.3. The quantitative estimate of drug-likeness (QED) is 0.348. The van der Waals surface area contributed by atoms with Crippen LogP contribution in [0.3, 0.4) is 0 Å². The number of halogens is 1. The molecule has 0 bridgehead atoms. The van der Waals surface area contributed by atoms with Crippen molar-refractivity contribution in [2.24, 2.45) is 0 Å². The van der Waals surface area contributed by atoms with Gasteiger partial charge in [-0.1, -0.05) is 29.8 Å². The lowest BCUT2D eigenvalue weighted by Gasteiger charge is -2.30. The van der Waals surface area contributed by atoms with Crippen LogP contribution >= 0.6 is 12.4 Å². The van der Waals surface area contributed by atoms with Gasteiger partial charge in [0.05, 0.1) is 0 Å². The molecule has 192 valence electrons. The predicted molar refractivity (Wildman–Crippen MR) is 146 cm³/mol. The molecule has 2 saturated heterocycles. The number of aromatic nitrogens is 3. The third-order valence-corrected chi connectivity index (χ3v) is 5.42. The Bertz CT molecular complexity index is 746. The molecule has 2 aliphatic rings. The summed E-state index contributed by atoms with van der Waals surface area (Å²) in [6.45, 7) is 7.02. The molecule has 0 amide bonds. The maximum absolute atomic E-state index is 4.84. The molecule has 0 radical (unpaired) electrons. The molecule has 3 heterocycles. The van der Waals surface area contributed by atoms with Gasteiger partial charge in [-0.25, -0.2) is 0 Å². The van der Waals surface area contributed by atoms with E-state index in [1.54, 1.807) is 0 Å². The fourth-order valence-corrected chi connectivity index (χ4v) is 3.91. The second kappa shape index (κ2) is 15.5. The van der Waals surface area contributed by atoms with Crippen molar-refractivity contribution in [1.29, 1.82) is 0 Å². The molecule has 2 aliphatic heterocycles. The van der Waals surface area contributed by atoms with Gasteiger partial charge < -0.3 is 39.7 Å². The first-order valence-corrected chi connectivity index (χ1v) is 10.3. The molecule has 4 rings (SSSR count). The van der Waals surface area contributed by atoms with Crippen LogP contribution in [-0.4, -0.2) is 41.1 Å². The van der Waals surface area contributed by atoms with Gasteiger partial charge >= 0.3 is 0 Å². The molecule has 0 spiro atoms. The summed E-state index contributed by atoms with van der Waals surface area (Å²) >= 11 is 0. The zero-order valence-electron chi connectivity index (χ0n) is 19.6. The molecule has 10 nitrogen and oxygen atoms in total. The van der Waals surface area contributed by atoms with Crippen molar-refractivity contribution < 1.29 is 5.71 Å². The van der Waals surface area contributed by atoms with Crippen LogP contribution in [0.15, 0.2) is 24.3 Å². The first-order chi connectivity index (χ1) is 13.3. The normalized spacial score (nSPS) is 15.0. The van der Waals surface area contributed by atoms with E-state index < -0.39 is 0 Å². The van der Waals surface area contributed by atoms with Crippen molar-refractivity contribution in [3.8, 4) is 0 Å². The van der Waals surface area contributed by atoms with E-state index >= 15 is 0 Å². The van der Waals surface area contributed by atoms with Crippen LogP contribution in [0.4, 0.5) is 17.8 Å². The third kappa shape index (κ3) is 8.36. The van der Waals surface area contributed by atoms with E-state index in [2.05, 4.69) is 46.3 Å². The van der Waals surface area contributed by atoms with Gasteiger partial charge in [-0.3, -0.25) is 0 Å². The van der Waals surface area contributed by atoms with Crippen molar-refractivity contribution in [2.45, 2.75) is 52.0 Å². The summed E-state index contributed by atoms with van der Waals surface area (Å²) in [5.74, 6) is 2.35. The molecule has 0 atom stereocenters. The average molecular weight is 479 g/mol. The number of anilines is 3. The highest BCUT2D eigenvalue weighted by molar-refractivity contribution is 5.85. The summed E-state index contributed by atoms with van der Waals surface area (Å²) < 4.78 is 0. The van der Waals surface area contributed by atoms with E-state index in [4.69, 9.17) is 15.0 Å². The second-order valence-corrected chi connectivity index (χ2v) is 7.70. The van der Waals surface area contributed by atoms with Gasteiger partial charge in [-0.2, -0.15) is 15.0 Å². The van der Waals surface area contributed by atoms with Crippen molar-refractivity contribution in [1.82, 2.24) is 39.6 Å². The van der Waals surface area contributed by atoms with E-state index in [0.29, 0.717) is 5.95 Å². The van der Waals surface area contributed by atoms with Gasteiger partial charge in [0.1, 0.15) is 0 Å². The number of piperidine rings is 2.